The number of nitrogens with zero attached hydrogens (tertiary/aromatic N) is 3. The van der Waals surface area contributed by atoms with Crippen LogP contribution >= 0.6 is 11.3 Å². The van der Waals surface area contributed by atoms with Crippen LogP contribution in [0.1, 0.15) is 149 Å². The van der Waals surface area contributed by atoms with Gasteiger partial charge in [-0.05, 0) is 146 Å². The highest BCUT2D eigenvalue weighted by Crippen LogP contribution is 2.63. The third kappa shape index (κ3) is 6.48. The summed E-state index contributed by atoms with van der Waals surface area (Å²) in [6, 6.07) is 60.4. The van der Waals surface area contributed by atoms with Gasteiger partial charge in [0.2, 0.25) is 0 Å². The molecule has 3 aliphatic heterocycles. The molecule has 1 aromatic heterocycles. The van der Waals surface area contributed by atoms with Crippen molar-refractivity contribution in [1.82, 2.24) is 0 Å². The average Bonchev–Trinajstić information content (AvgIpc) is 4.03. The minimum atomic E-state index is -0.168. The minimum Gasteiger partial charge on any atom is -0.334 e. The van der Waals surface area contributed by atoms with Gasteiger partial charge in [0.1, 0.15) is 0 Å². The van der Waals surface area contributed by atoms with Gasteiger partial charge in [0.25, 0.3) is 6.71 Å². The van der Waals surface area contributed by atoms with Crippen LogP contribution in [0.2, 0.25) is 0 Å². The Labute approximate surface area is 456 Å². The second kappa shape index (κ2) is 15.8. The summed E-state index contributed by atoms with van der Waals surface area (Å²) in [6.07, 6.45) is 4.75. The van der Waals surface area contributed by atoms with Gasteiger partial charge in [-0.3, -0.25) is 0 Å². The molecule has 76 heavy (non-hydrogen) atoms. The number of fused-ring (bicyclic) bond motifs is 13. The number of hydrogen-bond acceptors (Lipinski definition) is 4. The molecule has 3 nitrogen and oxygen atoms in total. The van der Waals surface area contributed by atoms with Crippen LogP contribution in [-0.2, 0) is 27.1 Å². The molecule has 0 amide bonds. The number of benzene rings is 8. The molecule has 2 atom stereocenters. The van der Waals surface area contributed by atoms with Crippen LogP contribution in [0.15, 0.2) is 152 Å². The first-order valence-corrected chi connectivity index (χ1v) is 29.1. The summed E-state index contributed by atoms with van der Waals surface area (Å²) in [6.45, 7) is 31.4. The van der Waals surface area contributed by atoms with Crippen molar-refractivity contribution in [3.63, 3.8) is 0 Å². The van der Waals surface area contributed by atoms with Gasteiger partial charge in [-0.1, -0.05) is 193 Å². The molecular weight excluding hydrogens is 938 g/mol. The van der Waals surface area contributed by atoms with E-state index in [9.17, 15) is 0 Å². The maximum absolute atomic E-state index is 2.85. The van der Waals surface area contributed by atoms with E-state index in [1.54, 1.807) is 0 Å². The molecule has 8 aromatic carbocycles. The highest BCUT2D eigenvalue weighted by Gasteiger charge is 2.58. The monoisotopic (exact) mass is 1010 g/mol. The summed E-state index contributed by atoms with van der Waals surface area (Å²) in [5.41, 5.74) is 24.9. The molecule has 380 valence electrons. The molecule has 9 aromatic rings. The second-order valence-electron chi connectivity index (χ2n) is 27.3. The average molecular weight is 1010 g/mol. The Morgan fingerprint density at radius 3 is 1.70 bits per heavy atom. The number of anilines is 8. The molecule has 0 spiro atoms. The first-order valence-electron chi connectivity index (χ1n) is 28.3. The quantitative estimate of drug-likeness (QED) is 0.163. The van der Waals surface area contributed by atoms with Gasteiger partial charge in [-0.25, -0.2) is 0 Å². The van der Waals surface area contributed by atoms with Crippen LogP contribution in [0.4, 0.5) is 45.5 Å². The first-order chi connectivity index (χ1) is 36.1. The molecule has 0 bridgehead atoms. The van der Waals surface area contributed by atoms with Gasteiger partial charge in [0.05, 0.1) is 16.9 Å². The van der Waals surface area contributed by atoms with E-state index in [0.29, 0.717) is 0 Å². The fourth-order valence-electron chi connectivity index (χ4n) is 15.0. The molecule has 1 fully saturated rings. The predicted molar refractivity (Wildman–Crippen MR) is 330 cm³/mol. The molecule has 2 aliphatic carbocycles. The molecule has 14 rings (SSSR count). The van der Waals surface area contributed by atoms with E-state index in [2.05, 4.69) is 256 Å². The molecule has 5 heteroatoms. The molecular formula is C71H72BN3S. The Hall–Kier alpha value is -6.56. The molecule has 1 saturated carbocycles. The van der Waals surface area contributed by atoms with Crippen molar-refractivity contribution in [3.8, 4) is 11.1 Å². The van der Waals surface area contributed by atoms with Crippen LogP contribution in [-0.4, -0.2) is 12.3 Å². The van der Waals surface area contributed by atoms with Crippen molar-refractivity contribution in [2.75, 3.05) is 14.7 Å². The summed E-state index contributed by atoms with van der Waals surface area (Å²) < 4.78 is 2.64. The fourth-order valence-corrected chi connectivity index (χ4v) is 16.2. The largest absolute Gasteiger partial charge is 0.334 e. The van der Waals surface area contributed by atoms with Crippen molar-refractivity contribution < 1.29 is 0 Å². The minimum absolute atomic E-state index is 0.0192. The lowest BCUT2D eigenvalue weighted by molar-refractivity contribution is 0.195. The highest BCUT2D eigenvalue weighted by molar-refractivity contribution is 7.26. The molecule has 4 heterocycles. The van der Waals surface area contributed by atoms with Crippen molar-refractivity contribution in [1.29, 1.82) is 0 Å². The van der Waals surface area contributed by atoms with E-state index >= 15 is 0 Å². The summed E-state index contributed by atoms with van der Waals surface area (Å²) in [5, 5.41) is 2.64. The standard InChI is InChI=1S/C71H72BN3S/c1-66(2,3)43-32-35-54-51(38-43)70(12)36-18-19-37-71(70,13)75(54)46-41-59-65-60(42-46)74(56-27-21-29-62-64(56)48-23-15-17-28-61(48)76-62)58-40-45(68(7,8)9)31-34-53(58)72(65)52-33-30-44(67(4,5)6)39-57(52)73(59)55-26-20-25-50-63(55)47-22-14-16-24-49(47)69(50,10)11/h14-17,20-35,38-42H,18-19,36-37H2,1-13H3. The van der Waals surface area contributed by atoms with Crippen molar-refractivity contribution in [2.24, 2.45) is 0 Å². The van der Waals surface area contributed by atoms with Crippen molar-refractivity contribution in [3.05, 3.63) is 185 Å². The molecule has 5 aliphatic rings. The van der Waals surface area contributed by atoms with Crippen molar-refractivity contribution in [2.45, 2.75) is 148 Å². The third-order valence-electron chi connectivity index (χ3n) is 19.5. The Balaban J connectivity index is 1.16. The van der Waals surface area contributed by atoms with E-state index in [0.717, 1.165) is 6.42 Å². The molecule has 0 N–H and O–H groups in total. The van der Waals surface area contributed by atoms with E-state index in [-0.39, 0.29) is 39.3 Å². The first kappa shape index (κ1) is 47.9. The van der Waals surface area contributed by atoms with E-state index in [4.69, 9.17) is 0 Å². The SMILES string of the molecule is CC(C)(C)c1ccc2c(c1)N(c1cccc3c1-c1ccccc1C3(C)C)c1cc(N3c4ccc(C(C)(C)C)cc4C4(C)CCCCC34C)cc3c1B2c1ccc(C(C)(C)C)cc1N3c1cccc2sc3ccccc3c12. The number of rotatable bonds is 3. The van der Waals surface area contributed by atoms with E-state index < -0.39 is 0 Å². The van der Waals surface area contributed by atoms with Crippen molar-refractivity contribution >= 4 is 100 Å². The fraction of sp³-hybridized carbons (Fsp3) is 0.324. The third-order valence-corrected chi connectivity index (χ3v) is 20.6. The lowest BCUT2D eigenvalue weighted by Gasteiger charge is -2.51. The topological polar surface area (TPSA) is 9.72 Å². The molecule has 0 radical (unpaired) electrons. The highest BCUT2D eigenvalue weighted by atomic mass is 32.1. The number of thiophene rings is 1. The van der Waals surface area contributed by atoms with E-state index in [1.165, 1.54) is 146 Å². The zero-order valence-corrected chi connectivity index (χ0v) is 47.9. The molecule has 2 unspecified atom stereocenters. The maximum Gasteiger partial charge on any atom is 0.252 e. The summed E-state index contributed by atoms with van der Waals surface area (Å²) >= 11 is 1.91. The van der Waals surface area contributed by atoms with Gasteiger partial charge in [0, 0.05) is 70.7 Å². The van der Waals surface area contributed by atoms with Gasteiger partial charge >= 0.3 is 0 Å². The van der Waals surface area contributed by atoms with Crippen LogP contribution in [0.25, 0.3) is 31.3 Å². The van der Waals surface area contributed by atoms with Gasteiger partial charge < -0.3 is 14.7 Å². The van der Waals surface area contributed by atoms with Gasteiger partial charge in [-0.15, -0.1) is 11.3 Å². The van der Waals surface area contributed by atoms with Crippen LogP contribution in [0.3, 0.4) is 0 Å². The number of hydrogen-bond donors (Lipinski definition) is 0. The summed E-state index contributed by atoms with van der Waals surface area (Å²) in [4.78, 5) is 8.33. The summed E-state index contributed by atoms with van der Waals surface area (Å²) in [5.74, 6) is 0. The molecule has 0 saturated heterocycles. The lowest BCUT2D eigenvalue weighted by atomic mass is 9.33. The Kier molecular flexibility index (Phi) is 9.94. The predicted octanol–water partition coefficient (Wildman–Crippen LogP) is 18.1. The normalized spacial score (nSPS) is 20.1. The summed E-state index contributed by atoms with van der Waals surface area (Å²) in [7, 11) is 0. The Morgan fingerprint density at radius 1 is 0.461 bits per heavy atom. The maximum atomic E-state index is 2.85. The Morgan fingerprint density at radius 2 is 1.01 bits per heavy atom. The van der Waals surface area contributed by atoms with Crippen LogP contribution in [0, 0.1) is 0 Å². The van der Waals surface area contributed by atoms with Crippen LogP contribution < -0.4 is 31.1 Å². The van der Waals surface area contributed by atoms with E-state index in [1.807, 2.05) is 11.3 Å². The lowest BCUT2D eigenvalue weighted by Crippen LogP contribution is -2.61. The van der Waals surface area contributed by atoms with Gasteiger partial charge in [0.15, 0.2) is 0 Å². The van der Waals surface area contributed by atoms with Gasteiger partial charge in [-0.2, -0.15) is 0 Å². The zero-order valence-electron chi connectivity index (χ0n) is 47.1. The smallest absolute Gasteiger partial charge is 0.252 e. The second-order valence-corrected chi connectivity index (χ2v) is 28.4. The zero-order chi connectivity index (χ0) is 52.8. The Bertz CT molecular complexity index is 3950. The van der Waals surface area contributed by atoms with Crippen LogP contribution in [0.5, 0.6) is 0 Å².